The number of hydrogen-bond acceptors (Lipinski definition) is 3. The Bertz CT molecular complexity index is 253. The summed E-state index contributed by atoms with van der Waals surface area (Å²) in [6.07, 6.45) is 2.54. The maximum atomic E-state index is 11.7. The topological polar surface area (TPSA) is 83.6 Å². The quantitative estimate of drug-likeness (QED) is 0.702. The van der Waals surface area contributed by atoms with Crippen LogP contribution in [0, 0.1) is 0 Å². The monoisotopic (exact) mass is 214 g/mol. The van der Waals surface area contributed by atoms with Crippen LogP contribution in [0.4, 0.5) is 0 Å². The molecule has 1 heterocycles. The zero-order valence-corrected chi connectivity index (χ0v) is 8.98. The second kappa shape index (κ2) is 5.11. The highest BCUT2D eigenvalue weighted by Crippen LogP contribution is 2.18. The standard InChI is InChI=1S/C10H18N2O3/c1-7(11)6-9(13)12-5-3-2-4-8(12)10(14)15/h7-8H,2-6,11H2,1H3,(H,14,15)/t7?,8-/m1/s1. The Morgan fingerprint density at radius 3 is 2.73 bits per heavy atom. The molecule has 0 saturated carbocycles. The smallest absolute Gasteiger partial charge is 0.326 e. The molecule has 0 bridgehead atoms. The van der Waals surface area contributed by atoms with Gasteiger partial charge in [-0.25, -0.2) is 4.79 Å². The molecule has 0 spiro atoms. The number of likely N-dealkylation sites (tertiary alicyclic amines) is 1. The molecule has 1 rings (SSSR count). The van der Waals surface area contributed by atoms with Gasteiger partial charge >= 0.3 is 5.97 Å². The molecule has 1 aliphatic heterocycles. The fourth-order valence-corrected chi connectivity index (χ4v) is 1.88. The van der Waals surface area contributed by atoms with Gasteiger partial charge in [-0.1, -0.05) is 0 Å². The summed E-state index contributed by atoms with van der Waals surface area (Å²) in [6, 6.07) is -0.862. The van der Waals surface area contributed by atoms with Gasteiger partial charge in [0.25, 0.3) is 0 Å². The van der Waals surface area contributed by atoms with Crippen molar-refractivity contribution in [2.75, 3.05) is 6.54 Å². The van der Waals surface area contributed by atoms with Crippen LogP contribution in [0.2, 0.25) is 0 Å². The summed E-state index contributed by atoms with van der Waals surface area (Å²) in [5, 5.41) is 8.97. The Kier molecular flexibility index (Phi) is 4.08. The van der Waals surface area contributed by atoms with Crippen LogP contribution in [-0.2, 0) is 9.59 Å². The molecule has 5 nitrogen and oxygen atoms in total. The summed E-state index contributed by atoms with van der Waals surface area (Å²) in [6.45, 7) is 2.29. The Morgan fingerprint density at radius 1 is 1.53 bits per heavy atom. The van der Waals surface area contributed by atoms with Gasteiger partial charge in [0.15, 0.2) is 0 Å². The first kappa shape index (κ1) is 12.0. The number of amides is 1. The summed E-state index contributed by atoms with van der Waals surface area (Å²) in [4.78, 5) is 24.1. The summed E-state index contributed by atoms with van der Waals surface area (Å²) in [5.41, 5.74) is 5.53. The van der Waals surface area contributed by atoms with Gasteiger partial charge in [-0.2, -0.15) is 0 Å². The van der Waals surface area contributed by atoms with Gasteiger partial charge in [-0.3, -0.25) is 4.79 Å². The van der Waals surface area contributed by atoms with Crippen LogP contribution in [0.25, 0.3) is 0 Å². The van der Waals surface area contributed by atoms with Gasteiger partial charge in [-0.05, 0) is 26.2 Å². The van der Waals surface area contributed by atoms with E-state index in [1.165, 1.54) is 4.90 Å². The highest BCUT2D eigenvalue weighted by molar-refractivity contribution is 5.84. The first-order chi connectivity index (χ1) is 7.02. The lowest BCUT2D eigenvalue weighted by molar-refractivity contribution is -0.152. The van der Waals surface area contributed by atoms with E-state index in [1.54, 1.807) is 6.92 Å². The zero-order chi connectivity index (χ0) is 11.4. The number of carboxylic acid groups (broad SMARTS) is 1. The van der Waals surface area contributed by atoms with Gasteiger partial charge in [0, 0.05) is 19.0 Å². The Morgan fingerprint density at radius 2 is 2.20 bits per heavy atom. The van der Waals surface area contributed by atoms with Gasteiger partial charge in [0.05, 0.1) is 0 Å². The van der Waals surface area contributed by atoms with Crippen LogP contribution in [0.15, 0.2) is 0 Å². The third kappa shape index (κ3) is 3.20. The van der Waals surface area contributed by atoms with E-state index in [9.17, 15) is 9.59 Å². The molecule has 2 atom stereocenters. The molecule has 3 N–H and O–H groups in total. The molecule has 1 saturated heterocycles. The molecule has 0 aromatic heterocycles. The van der Waals surface area contributed by atoms with Crippen molar-refractivity contribution in [1.82, 2.24) is 4.90 Å². The van der Waals surface area contributed by atoms with E-state index in [2.05, 4.69) is 0 Å². The summed E-state index contributed by atoms with van der Waals surface area (Å²) < 4.78 is 0. The highest BCUT2D eigenvalue weighted by Gasteiger charge is 2.31. The van der Waals surface area contributed by atoms with Gasteiger partial charge in [0.1, 0.15) is 6.04 Å². The zero-order valence-electron chi connectivity index (χ0n) is 8.98. The number of carbonyl (C=O) groups is 2. The van der Waals surface area contributed by atoms with Crippen LogP contribution >= 0.6 is 0 Å². The van der Waals surface area contributed by atoms with Gasteiger partial charge < -0.3 is 15.7 Å². The number of carboxylic acids is 1. The molecule has 0 aromatic carbocycles. The first-order valence-electron chi connectivity index (χ1n) is 5.30. The van der Waals surface area contributed by atoms with Crippen molar-refractivity contribution in [2.24, 2.45) is 5.73 Å². The van der Waals surface area contributed by atoms with Crippen molar-refractivity contribution < 1.29 is 14.7 Å². The molecular formula is C10H18N2O3. The minimum absolute atomic E-state index is 0.142. The van der Waals surface area contributed by atoms with Crippen LogP contribution in [0.3, 0.4) is 0 Å². The third-order valence-electron chi connectivity index (χ3n) is 2.60. The third-order valence-corrected chi connectivity index (χ3v) is 2.60. The largest absolute Gasteiger partial charge is 0.480 e. The lowest BCUT2D eigenvalue weighted by Crippen LogP contribution is -2.49. The molecular weight excluding hydrogens is 196 g/mol. The lowest BCUT2D eigenvalue weighted by atomic mass is 10.0. The van der Waals surface area contributed by atoms with E-state index >= 15 is 0 Å². The number of carbonyl (C=O) groups excluding carboxylic acids is 1. The number of aliphatic carboxylic acids is 1. The molecule has 0 radical (unpaired) electrons. The molecule has 5 heteroatoms. The number of piperidine rings is 1. The lowest BCUT2D eigenvalue weighted by Gasteiger charge is -2.33. The molecule has 1 aliphatic rings. The van der Waals surface area contributed by atoms with Crippen molar-refractivity contribution >= 4 is 11.9 Å². The normalized spacial score (nSPS) is 23.6. The highest BCUT2D eigenvalue weighted by atomic mass is 16.4. The maximum absolute atomic E-state index is 11.7. The summed E-state index contributed by atoms with van der Waals surface area (Å²) in [7, 11) is 0. The number of nitrogens with zero attached hydrogens (tertiary/aromatic N) is 1. The second-order valence-corrected chi connectivity index (χ2v) is 4.12. The predicted octanol–water partition coefficient (Wildman–Crippen LogP) is 0.189. The predicted molar refractivity (Wildman–Crippen MR) is 55.3 cm³/mol. The van der Waals surface area contributed by atoms with E-state index in [1.807, 2.05) is 0 Å². The molecule has 86 valence electrons. The Labute approximate surface area is 89.2 Å². The molecule has 0 aliphatic carbocycles. The fraction of sp³-hybridized carbons (Fsp3) is 0.800. The average Bonchev–Trinajstić information content (AvgIpc) is 2.16. The second-order valence-electron chi connectivity index (χ2n) is 4.12. The van der Waals surface area contributed by atoms with Crippen LogP contribution in [-0.4, -0.2) is 40.5 Å². The van der Waals surface area contributed by atoms with Gasteiger partial charge in [-0.15, -0.1) is 0 Å². The van der Waals surface area contributed by atoms with Crippen LogP contribution in [0.1, 0.15) is 32.6 Å². The molecule has 0 aromatic rings. The number of nitrogens with two attached hydrogens (primary N) is 1. The average molecular weight is 214 g/mol. The SMILES string of the molecule is CC(N)CC(=O)N1CCCC[C@@H]1C(=O)O. The minimum atomic E-state index is -0.910. The van der Waals surface area contributed by atoms with Crippen LogP contribution < -0.4 is 5.73 Å². The molecule has 1 amide bonds. The molecule has 1 unspecified atom stereocenters. The van der Waals surface area contributed by atoms with E-state index in [0.717, 1.165) is 12.8 Å². The van der Waals surface area contributed by atoms with Crippen molar-refractivity contribution in [3.8, 4) is 0 Å². The first-order valence-corrected chi connectivity index (χ1v) is 5.30. The van der Waals surface area contributed by atoms with E-state index in [0.29, 0.717) is 13.0 Å². The van der Waals surface area contributed by atoms with Crippen molar-refractivity contribution in [3.05, 3.63) is 0 Å². The Hall–Kier alpha value is -1.10. The van der Waals surface area contributed by atoms with Crippen molar-refractivity contribution in [2.45, 2.75) is 44.7 Å². The van der Waals surface area contributed by atoms with Gasteiger partial charge in [0.2, 0.25) is 5.91 Å². The summed E-state index contributed by atoms with van der Waals surface area (Å²) in [5.74, 6) is -1.05. The van der Waals surface area contributed by atoms with E-state index < -0.39 is 12.0 Å². The van der Waals surface area contributed by atoms with E-state index in [-0.39, 0.29) is 18.4 Å². The number of rotatable bonds is 3. The molecule has 15 heavy (non-hydrogen) atoms. The minimum Gasteiger partial charge on any atom is -0.480 e. The molecule has 1 fully saturated rings. The Balaban J connectivity index is 2.63. The van der Waals surface area contributed by atoms with Crippen molar-refractivity contribution in [3.63, 3.8) is 0 Å². The van der Waals surface area contributed by atoms with Crippen LogP contribution in [0.5, 0.6) is 0 Å². The van der Waals surface area contributed by atoms with Crippen molar-refractivity contribution in [1.29, 1.82) is 0 Å². The summed E-state index contributed by atoms with van der Waals surface area (Å²) >= 11 is 0. The van der Waals surface area contributed by atoms with E-state index in [4.69, 9.17) is 10.8 Å². The fourth-order valence-electron chi connectivity index (χ4n) is 1.88. The number of hydrogen-bond donors (Lipinski definition) is 2. The maximum Gasteiger partial charge on any atom is 0.326 e.